The minimum atomic E-state index is -3.37. The molecular weight excluding hydrogens is 184 g/mol. The van der Waals surface area contributed by atoms with E-state index in [4.69, 9.17) is 5.11 Å². The molecule has 0 heterocycles. The van der Waals surface area contributed by atoms with Crippen molar-refractivity contribution in [3.05, 3.63) is 0 Å². The van der Waals surface area contributed by atoms with Crippen molar-refractivity contribution >= 4 is 23.1 Å². The molecule has 0 fully saturated rings. The highest BCUT2D eigenvalue weighted by molar-refractivity contribution is 9.47. The Morgan fingerprint density at radius 2 is 1.86 bits per heavy atom. The highest BCUT2D eigenvalue weighted by Gasteiger charge is 2.10. The lowest BCUT2D eigenvalue weighted by molar-refractivity contribution is 0.272. The van der Waals surface area contributed by atoms with Crippen molar-refractivity contribution < 1.29 is 13.5 Å². The molecule has 0 aromatic rings. The molecule has 5 heteroatoms. The van der Waals surface area contributed by atoms with Crippen molar-refractivity contribution in [3.8, 4) is 0 Å². The fraction of sp³-hybridized carbons (Fsp3) is 1.00. The molecule has 0 amide bonds. The molecule has 0 saturated carbocycles. The Hall–Kier alpha value is 0.390. The average molecular weight is 189 g/mol. The lowest BCUT2D eigenvalue weighted by Gasteiger charge is -1.93. The first-order valence-corrected chi connectivity index (χ1v) is 4.95. The molecule has 0 spiro atoms. The van der Waals surface area contributed by atoms with Crippen LogP contribution < -0.4 is 0 Å². The van der Waals surface area contributed by atoms with Crippen LogP contribution in [0.1, 0.15) is 6.92 Å². The van der Waals surface area contributed by atoms with Gasteiger partial charge < -0.3 is 5.11 Å². The van der Waals surface area contributed by atoms with E-state index in [-0.39, 0.29) is 0 Å². The number of rotatable bonds is 1. The summed E-state index contributed by atoms with van der Waals surface area (Å²) in [5.74, 6) is 0. The van der Waals surface area contributed by atoms with Gasteiger partial charge in [-0.2, -0.15) is 0 Å². The maximum absolute atomic E-state index is 10.00. The molecule has 7 heavy (non-hydrogen) atoms. The maximum atomic E-state index is 10.00. The monoisotopic (exact) mass is 188 g/mol. The van der Waals surface area contributed by atoms with Crippen LogP contribution >= 0.6 is 14.8 Å². The summed E-state index contributed by atoms with van der Waals surface area (Å²) in [6, 6.07) is 0. The van der Waals surface area contributed by atoms with E-state index in [1.807, 2.05) is 0 Å². The number of hydrogen-bond acceptors (Lipinski definition) is 3. The van der Waals surface area contributed by atoms with E-state index in [1.54, 1.807) is 0 Å². The molecule has 44 valence electrons. The van der Waals surface area contributed by atoms with Gasteiger partial charge in [0.1, 0.15) is 0 Å². The molecule has 1 atom stereocenters. The molecule has 0 aromatic heterocycles. The van der Waals surface area contributed by atoms with E-state index in [9.17, 15) is 8.42 Å². The fourth-order valence-corrected chi connectivity index (χ4v) is 0. The van der Waals surface area contributed by atoms with Gasteiger partial charge in [-0.15, -0.1) is 0 Å². The molecular formula is C2H5BrO3S. The second-order valence-electron chi connectivity index (χ2n) is 1.07. The molecule has 3 nitrogen and oxygen atoms in total. The predicted molar refractivity (Wildman–Crippen MR) is 29.5 cm³/mol. The van der Waals surface area contributed by atoms with Crippen LogP contribution in [0.3, 0.4) is 0 Å². The van der Waals surface area contributed by atoms with Gasteiger partial charge in [0.25, 0.3) is 0 Å². The topological polar surface area (TPSA) is 54.4 Å². The molecule has 0 radical (unpaired) electrons. The highest BCUT2D eigenvalue weighted by atomic mass is 79.9. The zero-order valence-electron chi connectivity index (χ0n) is 3.63. The van der Waals surface area contributed by atoms with Gasteiger partial charge in [-0.05, 0) is 6.92 Å². The zero-order valence-corrected chi connectivity index (χ0v) is 6.03. The molecule has 1 unspecified atom stereocenters. The molecule has 0 saturated heterocycles. The van der Waals surface area contributed by atoms with Crippen molar-refractivity contribution in [1.82, 2.24) is 0 Å². The fourth-order valence-electron chi connectivity index (χ4n) is 0. The van der Waals surface area contributed by atoms with Crippen LogP contribution in [0.5, 0.6) is 0 Å². The van der Waals surface area contributed by atoms with E-state index in [2.05, 4.69) is 14.8 Å². The summed E-state index contributed by atoms with van der Waals surface area (Å²) in [4.78, 5) is 0. The Labute approximate surface area is 49.5 Å². The first-order valence-electron chi connectivity index (χ1n) is 1.56. The molecule has 0 bridgehead atoms. The zero-order chi connectivity index (χ0) is 6.08. The molecule has 0 rings (SSSR count). The van der Waals surface area contributed by atoms with Crippen molar-refractivity contribution in [3.63, 3.8) is 0 Å². The van der Waals surface area contributed by atoms with Crippen LogP contribution in [0.15, 0.2) is 0 Å². The summed E-state index contributed by atoms with van der Waals surface area (Å²) >= 11 is 2.27. The van der Waals surface area contributed by atoms with Crippen molar-refractivity contribution in [2.24, 2.45) is 0 Å². The van der Waals surface area contributed by atoms with Crippen molar-refractivity contribution in [1.29, 1.82) is 0 Å². The maximum Gasteiger partial charge on any atom is 0.235 e. The molecule has 0 aliphatic rings. The molecule has 0 aliphatic carbocycles. The van der Waals surface area contributed by atoms with Crippen LogP contribution in [0.4, 0.5) is 0 Å². The highest BCUT2D eigenvalue weighted by Crippen LogP contribution is 2.04. The standard InChI is InChI=1S/C2H5BrO3S/c1-2(4)7(3,5)6/h2,4H,1H3. The Kier molecular flexibility index (Phi) is 2.22. The lowest BCUT2D eigenvalue weighted by Crippen LogP contribution is -2.08. The SMILES string of the molecule is CC(O)S(=O)(=O)Br. The molecule has 1 N–H and O–H groups in total. The number of halogens is 1. The quantitative estimate of drug-likeness (QED) is 0.593. The summed E-state index contributed by atoms with van der Waals surface area (Å²) in [6.07, 6.45) is 0. The van der Waals surface area contributed by atoms with Gasteiger partial charge in [0.05, 0.1) is 14.8 Å². The van der Waals surface area contributed by atoms with Gasteiger partial charge in [-0.25, -0.2) is 8.42 Å². The Morgan fingerprint density at radius 3 is 1.86 bits per heavy atom. The van der Waals surface area contributed by atoms with Crippen LogP contribution in [0.2, 0.25) is 0 Å². The van der Waals surface area contributed by atoms with E-state index in [1.165, 1.54) is 6.92 Å². The first-order chi connectivity index (χ1) is 2.94. The Morgan fingerprint density at radius 1 is 1.71 bits per heavy atom. The third-order valence-corrected chi connectivity index (χ3v) is 2.85. The van der Waals surface area contributed by atoms with E-state index in [0.29, 0.717) is 0 Å². The van der Waals surface area contributed by atoms with Gasteiger partial charge in [0.2, 0.25) is 8.27 Å². The van der Waals surface area contributed by atoms with Gasteiger partial charge in [0, 0.05) is 0 Å². The second-order valence-corrected chi connectivity index (χ2v) is 5.42. The van der Waals surface area contributed by atoms with Crippen LogP contribution in [-0.4, -0.2) is 19.0 Å². The van der Waals surface area contributed by atoms with E-state index >= 15 is 0 Å². The third-order valence-electron chi connectivity index (χ3n) is 0.407. The second kappa shape index (κ2) is 2.11. The lowest BCUT2D eigenvalue weighted by atomic mass is 10.9. The summed E-state index contributed by atoms with van der Waals surface area (Å²) in [7, 11) is -3.37. The minimum Gasteiger partial charge on any atom is -0.377 e. The van der Waals surface area contributed by atoms with Gasteiger partial charge >= 0.3 is 0 Å². The van der Waals surface area contributed by atoms with Crippen molar-refractivity contribution in [2.75, 3.05) is 0 Å². The largest absolute Gasteiger partial charge is 0.377 e. The van der Waals surface area contributed by atoms with Crippen LogP contribution in [0.25, 0.3) is 0 Å². The molecule has 0 aromatic carbocycles. The van der Waals surface area contributed by atoms with Crippen LogP contribution in [0, 0.1) is 0 Å². The summed E-state index contributed by atoms with van der Waals surface area (Å²) in [5.41, 5.74) is -1.31. The van der Waals surface area contributed by atoms with Gasteiger partial charge in [-0.3, -0.25) is 0 Å². The Balaban J connectivity index is 4.10. The van der Waals surface area contributed by atoms with Crippen LogP contribution in [-0.2, 0) is 8.27 Å². The van der Waals surface area contributed by atoms with Gasteiger partial charge in [-0.1, -0.05) is 0 Å². The van der Waals surface area contributed by atoms with Crippen molar-refractivity contribution in [2.45, 2.75) is 12.4 Å². The average Bonchev–Trinajstić information content (AvgIpc) is 1.31. The first kappa shape index (κ1) is 7.39. The minimum absolute atomic E-state index is 1.17. The number of aliphatic hydroxyl groups is 1. The predicted octanol–water partition coefficient (Wildman–Crippen LogP) is 0.0494. The van der Waals surface area contributed by atoms with E-state index in [0.717, 1.165) is 0 Å². The summed E-state index contributed by atoms with van der Waals surface area (Å²) in [5, 5.41) is 8.25. The van der Waals surface area contributed by atoms with E-state index < -0.39 is 13.7 Å². The van der Waals surface area contributed by atoms with Gasteiger partial charge in [0.15, 0.2) is 5.44 Å². The number of hydrogen-bond donors (Lipinski definition) is 1. The normalized spacial score (nSPS) is 16.4. The Bertz CT molecular complexity index is 135. The molecule has 0 aliphatic heterocycles. The smallest absolute Gasteiger partial charge is 0.235 e. The third kappa shape index (κ3) is 3.02. The summed E-state index contributed by atoms with van der Waals surface area (Å²) < 4.78 is 20.0. The number of aliphatic hydroxyl groups excluding tert-OH is 1. The summed E-state index contributed by atoms with van der Waals surface area (Å²) in [6.45, 7) is 1.17.